The van der Waals surface area contributed by atoms with Gasteiger partial charge < -0.3 is 5.32 Å². The molecule has 0 radical (unpaired) electrons. The fourth-order valence-corrected chi connectivity index (χ4v) is 1.62. The van der Waals surface area contributed by atoms with Crippen molar-refractivity contribution >= 4 is 11.6 Å². The van der Waals surface area contributed by atoms with Gasteiger partial charge in [0.1, 0.15) is 0 Å². The van der Waals surface area contributed by atoms with Crippen molar-refractivity contribution in [1.29, 1.82) is 0 Å². The van der Waals surface area contributed by atoms with E-state index in [1.54, 1.807) is 0 Å². The maximum Gasteiger partial charge on any atom is 0.0503 e. The normalized spacial score (nSPS) is 12.5. The predicted molar refractivity (Wildman–Crippen MR) is 58.2 cm³/mol. The largest absolute Gasteiger partial charge is 0.310 e. The summed E-state index contributed by atoms with van der Waals surface area (Å²) < 4.78 is 0. The van der Waals surface area contributed by atoms with Gasteiger partial charge in [-0.2, -0.15) is 0 Å². The third kappa shape index (κ3) is 2.33. The Morgan fingerprint density at radius 1 is 1.54 bits per heavy atom. The van der Waals surface area contributed by atoms with Crippen LogP contribution in [0.1, 0.15) is 17.2 Å². The number of hydrogen-bond donors (Lipinski definition) is 1. The Morgan fingerprint density at radius 2 is 2.23 bits per heavy atom. The average Bonchev–Trinajstić information content (AvgIpc) is 2.10. The first-order valence-electron chi connectivity index (χ1n) is 4.25. The molecule has 1 nitrogen and oxygen atoms in total. The number of aryl methyl sites for hydroxylation is 1. The van der Waals surface area contributed by atoms with Crippen LogP contribution >= 0.6 is 11.6 Å². The van der Waals surface area contributed by atoms with Gasteiger partial charge in [-0.25, -0.2) is 0 Å². The van der Waals surface area contributed by atoms with E-state index in [-0.39, 0.29) is 6.04 Å². The first kappa shape index (κ1) is 10.3. The Morgan fingerprint density at radius 3 is 2.69 bits per heavy atom. The maximum absolute atomic E-state index is 5.86. The molecule has 1 aromatic carbocycles. The summed E-state index contributed by atoms with van der Waals surface area (Å²) in [5.74, 6) is 0. The summed E-state index contributed by atoms with van der Waals surface area (Å²) in [5, 5.41) is 3.95. The van der Waals surface area contributed by atoms with Crippen LogP contribution in [0.2, 0.25) is 5.02 Å². The summed E-state index contributed by atoms with van der Waals surface area (Å²) in [6.45, 7) is 5.83. The van der Waals surface area contributed by atoms with Gasteiger partial charge in [-0.1, -0.05) is 23.7 Å². The van der Waals surface area contributed by atoms with Gasteiger partial charge in [0, 0.05) is 5.02 Å². The molecule has 0 heterocycles. The van der Waals surface area contributed by atoms with Gasteiger partial charge in [0.05, 0.1) is 6.04 Å². The van der Waals surface area contributed by atoms with Gasteiger partial charge in [0.2, 0.25) is 0 Å². The molecule has 1 aromatic rings. The minimum absolute atomic E-state index is 0.206. The number of rotatable bonds is 3. The van der Waals surface area contributed by atoms with Crippen LogP contribution in [-0.2, 0) is 0 Å². The molecular formula is C11H14ClN. The highest BCUT2D eigenvalue weighted by atomic mass is 35.5. The van der Waals surface area contributed by atoms with Crippen molar-refractivity contribution in [2.24, 2.45) is 0 Å². The van der Waals surface area contributed by atoms with Gasteiger partial charge in [0.15, 0.2) is 0 Å². The van der Waals surface area contributed by atoms with E-state index in [1.807, 2.05) is 31.3 Å². The van der Waals surface area contributed by atoms with Crippen molar-refractivity contribution in [2.75, 3.05) is 7.05 Å². The highest BCUT2D eigenvalue weighted by Gasteiger charge is 2.07. The van der Waals surface area contributed by atoms with Crippen LogP contribution in [0, 0.1) is 6.92 Å². The first-order chi connectivity index (χ1) is 6.19. The third-order valence-electron chi connectivity index (χ3n) is 2.11. The number of halogens is 1. The summed E-state index contributed by atoms with van der Waals surface area (Å²) >= 11 is 5.86. The third-order valence-corrected chi connectivity index (χ3v) is 2.35. The fraction of sp³-hybridized carbons (Fsp3) is 0.273. The molecule has 2 heteroatoms. The quantitative estimate of drug-likeness (QED) is 0.731. The lowest BCUT2D eigenvalue weighted by molar-refractivity contribution is 0.712. The molecule has 0 aliphatic heterocycles. The van der Waals surface area contributed by atoms with Crippen molar-refractivity contribution < 1.29 is 0 Å². The van der Waals surface area contributed by atoms with E-state index >= 15 is 0 Å². The predicted octanol–water partition coefficient (Wildman–Crippen LogP) is 3.09. The molecule has 13 heavy (non-hydrogen) atoms. The number of benzene rings is 1. The number of nitrogens with one attached hydrogen (secondary N) is 1. The summed E-state index contributed by atoms with van der Waals surface area (Å²) in [6.07, 6.45) is 1.89. The van der Waals surface area contributed by atoms with Crippen LogP contribution in [0.3, 0.4) is 0 Å². The molecule has 0 saturated heterocycles. The molecule has 0 saturated carbocycles. The number of likely N-dealkylation sites (N-methyl/N-ethyl adjacent to an activating group) is 1. The molecule has 0 spiro atoms. The molecule has 0 fully saturated rings. The van der Waals surface area contributed by atoms with Crippen LogP contribution in [0.4, 0.5) is 0 Å². The van der Waals surface area contributed by atoms with Gasteiger partial charge in [-0.05, 0) is 37.2 Å². The summed E-state index contributed by atoms with van der Waals surface area (Å²) in [4.78, 5) is 0. The highest BCUT2D eigenvalue weighted by molar-refractivity contribution is 6.30. The molecule has 1 atom stereocenters. The van der Waals surface area contributed by atoms with E-state index in [0.717, 1.165) is 5.02 Å². The highest BCUT2D eigenvalue weighted by Crippen LogP contribution is 2.21. The zero-order valence-corrected chi connectivity index (χ0v) is 8.73. The van der Waals surface area contributed by atoms with Crippen molar-refractivity contribution in [2.45, 2.75) is 13.0 Å². The monoisotopic (exact) mass is 195 g/mol. The molecule has 70 valence electrons. The van der Waals surface area contributed by atoms with E-state index in [0.29, 0.717) is 0 Å². The van der Waals surface area contributed by atoms with Gasteiger partial charge in [-0.15, -0.1) is 6.58 Å². The van der Waals surface area contributed by atoms with E-state index in [9.17, 15) is 0 Å². The van der Waals surface area contributed by atoms with Crippen LogP contribution in [0.15, 0.2) is 30.9 Å². The summed E-state index contributed by atoms with van der Waals surface area (Å²) in [7, 11) is 1.92. The van der Waals surface area contributed by atoms with E-state index in [2.05, 4.69) is 18.8 Å². The molecule has 0 aliphatic carbocycles. The molecule has 0 amide bonds. The van der Waals surface area contributed by atoms with Gasteiger partial charge in [0.25, 0.3) is 0 Å². The molecule has 0 bridgehead atoms. The van der Waals surface area contributed by atoms with Crippen LogP contribution in [-0.4, -0.2) is 7.05 Å². The topological polar surface area (TPSA) is 12.0 Å². The van der Waals surface area contributed by atoms with Crippen LogP contribution in [0.5, 0.6) is 0 Å². The fourth-order valence-electron chi connectivity index (χ4n) is 1.39. The molecule has 0 aliphatic rings. The standard InChI is InChI=1S/C11H14ClN/c1-4-11(13-3)10-6-5-9(12)7-8(10)2/h4-7,11,13H,1H2,2-3H3. The summed E-state index contributed by atoms with van der Waals surface area (Å²) in [6, 6.07) is 6.10. The van der Waals surface area contributed by atoms with Crippen molar-refractivity contribution in [3.8, 4) is 0 Å². The molecular weight excluding hydrogens is 182 g/mol. The summed E-state index contributed by atoms with van der Waals surface area (Å²) in [5.41, 5.74) is 2.41. The second-order valence-corrected chi connectivity index (χ2v) is 3.44. The minimum Gasteiger partial charge on any atom is -0.310 e. The van der Waals surface area contributed by atoms with Gasteiger partial charge in [-0.3, -0.25) is 0 Å². The van der Waals surface area contributed by atoms with E-state index in [4.69, 9.17) is 11.6 Å². The second kappa shape index (κ2) is 4.45. The van der Waals surface area contributed by atoms with Crippen LogP contribution < -0.4 is 5.32 Å². The zero-order valence-electron chi connectivity index (χ0n) is 7.97. The molecule has 1 N–H and O–H groups in total. The van der Waals surface area contributed by atoms with E-state index in [1.165, 1.54) is 11.1 Å². The maximum atomic E-state index is 5.86. The minimum atomic E-state index is 0.206. The van der Waals surface area contributed by atoms with Crippen molar-refractivity contribution in [3.05, 3.63) is 47.0 Å². The average molecular weight is 196 g/mol. The Hall–Kier alpha value is -0.790. The molecule has 1 rings (SSSR count). The lowest BCUT2D eigenvalue weighted by atomic mass is 10.0. The van der Waals surface area contributed by atoms with Gasteiger partial charge >= 0.3 is 0 Å². The Bertz CT molecular complexity index is 307. The lowest BCUT2D eigenvalue weighted by Gasteiger charge is -2.14. The Balaban J connectivity index is 3.06. The smallest absolute Gasteiger partial charge is 0.0503 e. The Labute approximate surface area is 84.4 Å². The number of hydrogen-bond acceptors (Lipinski definition) is 1. The molecule has 1 unspecified atom stereocenters. The Kier molecular flexibility index (Phi) is 3.52. The SMILES string of the molecule is C=CC(NC)c1ccc(Cl)cc1C. The second-order valence-electron chi connectivity index (χ2n) is 3.00. The van der Waals surface area contributed by atoms with Crippen LogP contribution in [0.25, 0.3) is 0 Å². The lowest BCUT2D eigenvalue weighted by Crippen LogP contribution is -2.14. The molecule has 0 aromatic heterocycles. The first-order valence-corrected chi connectivity index (χ1v) is 4.62. The van der Waals surface area contributed by atoms with Crippen molar-refractivity contribution in [3.63, 3.8) is 0 Å². The zero-order chi connectivity index (χ0) is 9.84. The van der Waals surface area contributed by atoms with Crippen molar-refractivity contribution in [1.82, 2.24) is 5.32 Å². The van der Waals surface area contributed by atoms with E-state index < -0.39 is 0 Å².